The van der Waals surface area contributed by atoms with Gasteiger partial charge >= 0.3 is 12.1 Å². The highest BCUT2D eigenvalue weighted by atomic mass is 16.7. The maximum atomic E-state index is 11.8. The van der Waals surface area contributed by atoms with Gasteiger partial charge < -0.3 is 18.9 Å². The Kier molecular flexibility index (Phi) is 9.82. The molecular weight excluding hydrogens is 254 g/mol. The molecule has 0 atom stereocenters. The predicted octanol–water partition coefficient (Wildman–Crippen LogP) is 1.36. The molecule has 112 valence electrons. The summed E-state index contributed by atoms with van der Waals surface area (Å²) < 4.78 is 20.3. The van der Waals surface area contributed by atoms with E-state index in [1.165, 1.54) is 0 Å². The fraction of sp³-hybridized carbons (Fsp3) is 0.833. The number of rotatable bonds is 9. The number of carbonyl (C=O) groups is 2. The zero-order valence-electron chi connectivity index (χ0n) is 12.0. The van der Waals surface area contributed by atoms with E-state index in [9.17, 15) is 9.59 Å². The molecule has 0 unspecified atom stereocenters. The Morgan fingerprint density at radius 2 is 1.42 bits per heavy atom. The van der Waals surface area contributed by atoms with Gasteiger partial charge in [-0.1, -0.05) is 0 Å². The van der Waals surface area contributed by atoms with Crippen LogP contribution in [0.25, 0.3) is 0 Å². The van der Waals surface area contributed by atoms with E-state index in [2.05, 4.69) is 0 Å². The topological polar surface area (TPSA) is 74.3 Å². The van der Waals surface area contributed by atoms with Crippen molar-refractivity contribution < 1.29 is 28.5 Å². The third-order valence-electron chi connectivity index (χ3n) is 1.98. The van der Waals surface area contributed by atoms with Crippen LogP contribution >= 0.6 is 0 Å². The van der Waals surface area contributed by atoms with Crippen molar-refractivity contribution in [2.75, 3.05) is 33.0 Å². The lowest BCUT2D eigenvalue weighted by Crippen LogP contribution is -2.47. The molecule has 0 aromatic heterocycles. The van der Waals surface area contributed by atoms with Crippen LogP contribution in [0.3, 0.4) is 0 Å². The lowest BCUT2D eigenvalue weighted by Gasteiger charge is -2.28. The van der Waals surface area contributed by atoms with Crippen LogP contribution in [-0.4, -0.2) is 56.3 Å². The van der Waals surface area contributed by atoms with Gasteiger partial charge in [-0.2, -0.15) is 0 Å². The summed E-state index contributed by atoms with van der Waals surface area (Å²) in [7, 11) is 0. The maximum absolute atomic E-state index is 11.8. The van der Waals surface area contributed by atoms with Gasteiger partial charge in [0.15, 0.2) is 0 Å². The van der Waals surface area contributed by atoms with Crippen molar-refractivity contribution in [1.29, 1.82) is 0 Å². The van der Waals surface area contributed by atoms with E-state index < -0.39 is 18.5 Å². The number of ether oxygens (including phenoxy) is 4. The van der Waals surface area contributed by atoms with Crippen LogP contribution in [0.4, 0.5) is 4.79 Å². The Hall–Kier alpha value is -1.34. The molecule has 7 nitrogen and oxygen atoms in total. The Bertz CT molecular complexity index is 265. The second-order valence-corrected chi connectivity index (χ2v) is 3.35. The van der Waals surface area contributed by atoms with Crippen LogP contribution in [0.2, 0.25) is 0 Å². The van der Waals surface area contributed by atoms with Gasteiger partial charge in [-0.25, -0.2) is 9.69 Å². The number of hydrogen-bond acceptors (Lipinski definition) is 6. The van der Waals surface area contributed by atoms with Gasteiger partial charge in [0.25, 0.3) is 0 Å². The highest BCUT2D eigenvalue weighted by Gasteiger charge is 2.28. The SMILES string of the molecule is CCOC(=O)CN(C(=O)OCC)C(OCC)OCC. The molecule has 0 saturated carbocycles. The number of carbonyl (C=O) groups excluding carboxylic acids is 2. The van der Waals surface area contributed by atoms with Crippen LogP contribution in [0.15, 0.2) is 0 Å². The van der Waals surface area contributed by atoms with Gasteiger partial charge in [0.2, 0.25) is 6.41 Å². The second-order valence-electron chi connectivity index (χ2n) is 3.35. The number of nitrogens with zero attached hydrogens (tertiary/aromatic N) is 1. The summed E-state index contributed by atoms with van der Waals surface area (Å²) in [4.78, 5) is 24.4. The average molecular weight is 277 g/mol. The van der Waals surface area contributed by atoms with E-state index in [1.54, 1.807) is 27.7 Å². The van der Waals surface area contributed by atoms with Crippen LogP contribution in [0.1, 0.15) is 27.7 Å². The van der Waals surface area contributed by atoms with Gasteiger partial charge in [-0.3, -0.25) is 4.79 Å². The van der Waals surface area contributed by atoms with Gasteiger partial charge in [0.1, 0.15) is 6.54 Å². The van der Waals surface area contributed by atoms with Crippen LogP contribution < -0.4 is 0 Å². The molecule has 1 amide bonds. The monoisotopic (exact) mass is 277 g/mol. The summed E-state index contributed by atoms with van der Waals surface area (Å²) in [5.41, 5.74) is 0. The summed E-state index contributed by atoms with van der Waals surface area (Å²) in [6, 6.07) is 0. The standard InChI is InChI=1S/C12H23NO6/c1-5-16-10(14)9-13(11(15)17-6-2)12(18-7-3)19-8-4/h12H,5-9H2,1-4H3. The van der Waals surface area contributed by atoms with E-state index in [0.29, 0.717) is 13.2 Å². The van der Waals surface area contributed by atoms with Gasteiger partial charge in [-0.05, 0) is 27.7 Å². The molecule has 0 bridgehead atoms. The fourth-order valence-electron chi connectivity index (χ4n) is 1.29. The minimum Gasteiger partial charge on any atom is -0.465 e. The van der Waals surface area contributed by atoms with E-state index >= 15 is 0 Å². The first kappa shape index (κ1) is 17.7. The van der Waals surface area contributed by atoms with Gasteiger partial charge in [0.05, 0.1) is 13.2 Å². The number of hydrogen-bond donors (Lipinski definition) is 0. The molecule has 7 heteroatoms. The molecule has 0 aliphatic rings. The van der Waals surface area contributed by atoms with Crippen molar-refractivity contribution in [3.8, 4) is 0 Å². The normalized spacial score (nSPS) is 10.4. The molecule has 0 N–H and O–H groups in total. The molecule has 19 heavy (non-hydrogen) atoms. The zero-order chi connectivity index (χ0) is 14.7. The minimum atomic E-state index is -0.960. The maximum Gasteiger partial charge on any atom is 0.414 e. The lowest BCUT2D eigenvalue weighted by atomic mass is 10.5. The first-order valence-corrected chi connectivity index (χ1v) is 6.42. The predicted molar refractivity (Wildman–Crippen MR) is 67.4 cm³/mol. The molecule has 0 fully saturated rings. The van der Waals surface area contributed by atoms with Gasteiger partial charge in [-0.15, -0.1) is 0 Å². The second kappa shape index (κ2) is 10.6. The van der Waals surface area contributed by atoms with Crippen LogP contribution in [-0.2, 0) is 23.7 Å². The molecular formula is C12H23NO6. The van der Waals surface area contributed by atoms with E-state index in [0.717, 1.165) is 4.90 Å². The molecule has 0 saturated heterocycles. The van der Waals surface area contributed by atoms with Crippen molar-refractivity contribution in [3.05, 3.63) is 0 Å². The minimum absolute atomic E-state index is 0.198. The summed E-state index contributed by atoms with van der Waals surface area (Å²) in [5.74, 6) is -0.542. The van der Waals surface area contributed by atoms with Crippen molar-refractivity contribution >= 4 is 12.1 Å². The number of amides is 1. The molecule has 0 aromatic rings. The van der Waals surface area contributed by atoms with E-state index in [4.69, 9.17) is 18.9 Å². The third-order valence-corrected chi connectivity index (χ3v) is 1.98. The van der Waals surface area contributed by atoms with Crippen LogP contribution in [0.5, 0.6) is 0 Å². The Morgan fingerprint density at radius 3 is 1.84 bits per heavy atom. The highest BCUT2D eigenvalue weighted by Crippen LogP contribution is 2.07. The Balaban J connectivity index is 4.78. The van der Waals surface area contributed by atoms with Crippen molar-refractivity contribution in [1.82, 2.24) is 4.90 Å². The lowest BCUT2D eigenvalue weighted by molar-refractivity contribution is -0.211. The smallest absolute Gasteiger partial charge is 0.414 e. The summed E-state index contributed by atoms with van der Waals surface area (Å²) in [6.07, 6.45) is -1.64. The van der Waals surface area contributed by atoms with Crippen LogP contribution in [0, 0.1) is 0 Å². The molecule has 0 aliphatic heterocycles. The molecule has 0 heterocycles. The molecule has 0 rings (SSSR count). The van der Waals surface area contributed by atoms with E-state index in [1.807, 2.05) is 0 Å². The average Bonchev–Trinajstić information content (AvgIpc) is 2.36. The van der Waals surface area contributed by atoms with Crippen molar-refractivity contribution in [2.45, 2.75) is 34.1 Å². The van der Waals surface area contributed by atoms with Crippen molar-refractivity contribution in [3.63, 3.8) is 0 Å². The van der Waals surface area contributed by atoms with Gasteiger partial charge in [0, 0.05) is 13.2 Å². The molecule has 0 radical (unpaired) electrons. The zero-order valence-corrected chi connectivity index (χ0v) is 12.0. The third kappa shape index (κ3) is 6.97. The first-order valence-electron chi connectivity index (χ1n) is 6.42. The quantitative estimate of drug-likeness (QED) is 0.468. The molecule has 0 aliphatic carbocycles. The Labute approximate surface area is 113 Å². The Morgan fingerprint density at radius 1 is 0.895 bits per heavy atom. The summed E-state index contributed by atoms with van der Waals surface area (Å²) >= 11 is 0. The largest absolute Gasteiger partial charge is 0.465 e. The number of esters is 1. The highest BCUT2D eigenvalue weighted by molar-refractivity contribution is 5.78. The summed E-state index contributed by atoms with van der Waals surface area (Å²) in [6.45, 7) is 7.72. The summed E-state index contributed by atoms with van der Waals surface area (Å²) in [5, 5.41) is 0. The fourth-order valence-corrected chi connectivity index (χ4v) is 1.29. The molecule has 0 spiro atoms. The van der Waals surface area contributed by atoms with Crippen molar-refractivity contribution in [2.24, 2.45) is 0 Å². The van der Waals surface area contributed by atoms with E-state index in [-0.39, 0.29) is 19.8 Å². The molecule has 0 aromatic carbocycles. The first-order chi connectivity index (χ1) is 9.10.